The van der Waals surface area contributed by atoms with Gasteiger partial charge in [-0.05, 0) is 18.6 Å². The fraction of sp³-hybridized carbons (Fsp3) is 0.333. The topological polar surface area (TPSA) is 111 Å². The molecule has 0 amide bonds. The molecule has 1 aromatic rings. The number of para-hydroxylation sites is 1. The van der Waals surface area contributed by atoms with Crippen LogP contribution in [0.15, 0.2) is 40.9 Å². The molecule has 0 aliphatic carbocycles. The summed E-state index contributed by atoms with van der Waals surface area (Å²) < 4.78 is 36.2. The Morgan fingerprint density at radius 1 is 1.17 bits per heavy atom. The van der Waals surface area contributed by atoms with Gasteiger partial charge in [0.1, 0.15) is 10.6 Å². The zero-order valence-electron chi connectivity index (χ0n) is 13.7. The van der Waals surface area contributed by atoms with Crippen molar-refractivity contribution in [2.75, 3.05) is 26.1 Å². The quantitative estimate of drug-likeness (QED) is 0.528. The molecule has 0 saturated heterocycles. The number of anilines is 1. The molecule has 0 fully saturated rings. The van der Waals surface area contributed by atoms with Gasteiger partial charge in [-0.2, -0.15) is 0 Å². The van der Waals surface area contributed by atoms with E-state index in [1.807, 2.05) is 6.92 Å². The van der Waals surface area contributed by atoms with Gasteiger partial charge >= 0.3 is 11.9 Å². The van der Waals surface area contributed by atoms with Crippen molar-refractivity contribution in [3.8, 4) is 0 Å². The van der Waals surface area contributed by atoms with Crippen LogP contribution in [0, 0.1) is 0 Å². The third kappa shape index (κ3) is 5.36. The number of methoxy groups -OCH3 is 2. The Bertz CT molecular complexity index is 727. The highest BCUT2D eigenvalue weighted by Gasteiger charge is 2.20. The number of sulfonamides is 1. The second-order valence-electron chi connectivity index (χ2n) is 4.59. The van der Waals surface area contributed by atoms with Gasteiger partial charge in [0, 0.05) is 6.54 Å². The van der Waals surface area contributed by atoms with E-state index in [2.05, 4.69) is 19.5 Å². The van der Waals surface area contributed by atoms with Crippen LogP contribution in [0.2, 0.25) is 0 Å². The second-order valence-corrected chi connectivity index (χ2v) is 6.33. The Morgan fingerprint density at radius 3 is 2.42 bits per heavy atom. The molecule has 0 bridgehead atoms. The van der Waals surface area contributed by atoms with E-state index in [1.165, 1.54) is 12.1 Å². The molecule has 132 valence electrons. The van der Waals surface area contributed by atoms with Crippen LogP contribution in [-0.4, -0.2) is 41.1 Å². The Hall–Kier alpha value is -2.39. The molecule has 0 heterocycles. The molecule has 0 saturated carbocycles. The number of esters is 2. The number of ether oxygens (including phenoxy) is 2. The molecule has 0 spiro atoms. The molecule has 1 rings (SSSR count). The average molecular weight is 356 g/mol. The highest BCUT2D eigenvalue weighted by Crippen LogP contribution is 2.22. The van der Waals surface area contributed by atoms with Crippen LogP contribution in [0.3, 0.4) is 0 Å². The van der Waals surface area contributed by atoms with E-state index in [-0.39, 0.29) is 22.8 Å². The van der Waals surface area contributed by atoms with E-state index < -0.39 is 22.0 Å². The highest BCUT2D eigenvalue weighted by molar-refractivity contribution is 7.89. The third-order valence-corrected chi connectivity index (χ3v) is 4.38. The molecular formula is C15H20N2O6S. The number of carbonyl (C=O) groups is 2. The van der Waals surface area contributed by atoms with Crippen molar-refractivity contribution in [2.45, 2.75) is 18.2 Å². The normalized spacial score (nSPS) is 11.7. The fourth-order valence-corrected chi connectivity index (χ4v) is 2.99. The summed E-state index contributed by atoms with van der Waals surface area (Å²) in [5, 5.41) is 2.61. The van der Waals surface area contributed by atoms with E-state index >= 15 is 0 Å². The van der Waals surface area contributed by atoms with Crippen molar-refractivity contribution in [1.29, 1.82) is 0 Å². The summed E-state index contributed by atoms with van der Waals surface area (Å²) >= 11 is 0. The lowest BCUT2D eigenvalue weighted by atomic mass is 10.3. The van der Waals surface area contributed by atoms with Gasteiger partial charge < -0.3 is 14.8 Å². The summed E-state index contributed by atoms with van der Waals surface area (Å²) in [5.74, 6) is -1.62. The summed E-state index contributed by atoms with van der Waals surface area (Å²) in [6.45, 7) is 2.11. The van der Waals surface area contributed by atoms with Crippen LogP contribution >= 0.6 is 0 Å². The molecule has 9 heteroatoms. The number of rotatable bonds is 8. The molecule has 0 aliphatic heterocycles. The number of carbonyl (C=O) groups excluding carboxylic acids is 2. The predicted octanol–water partition coefficient (Wildman–Crippen LogP) is 1.02. The molecule has 24 heavy (non-hydrogen) atoms. The lowest BCUT2D eigenvalue weighted by Gasteiger charge is -2.14. The average Bonchev–Trinajstić information content (AvgIpc) is 2.58. The molecule has 0 radical (unpaired) electrons. The van der Waals surface area contributed by atoms with Gasteiger partial charge in [0.15, 0.2) is 0 Å². The van der Waals surface area contributed by atoms with Gasteiger partial charge in [0.05, 0.1) is 26.0 Å². The number of hydrogen-bond donors (Lipinski definition) is 2. The molecule has 0 aliphatic rings. The number of nitrogens with one attached hydrogen (secondary N) is 2. The van der Waals surface area contributed by atoms with Crippen molar-refractivity contribution in [3.05, 3.63) is 36.0 Å². The van der Waals surface area contributed by atoms with Crippen molar-refractivity contribution < 1.29 is 27.5 Å². The Morgan fingerprint density at radius 2 is 1.83 bits per heavy atom. The maximum atomic E-state index is 12.3. The minimum Gasteiger partial charge on any atom is -0.466 e. The smallest absolute Gasteiger partial charge is 0.354 e. The standard InChI is InChI=1S/C15H20N2O6S/c1-4-9-16-24(20,21)13-8-6-5-7-11(13)17-12(15(19)23-3)10-14(18)22-2/h5-8,10,16-17H,4,9H2,1-3H3/b12-10+. The Kier molecular flexibility index (Phi) is 7.40. The van der Waals surface area contributed by atoms with E-state index in [9.17, 15) is 18.0 Å². The van der Waals surface area contributed by atoms with Crippen LogP contribution in [0.4, 0.5) is 5.69 Å². The first-order valence-corrected chi connectivity index (χ1v) is 8.57. The Balaban J connectivity index is 3.24. The second kappa shape index (κ2) is 9.04. The van der Waals surface area contributed by atoms with Gasteiger partial charge in [-0.25, -0.2) is 22.7 Å². The molecule has 0 unspecified atom stereocenters. The van der Waals surface area contributed by atoms with Crippen molar-refractivity contribution in [3.63, 3.8) is 0 Å². The minimum atomic E-state index is -3.77. The predicted molar refractivity (Wildman–Crippen MR) is 87.7 cm³/mol. The van der Waals surface area contributed by atoms with Crippen molar-refractivity contribution in [1.82, 2.24) is 4.72 Å². The lowest BCUT2D eigenvalue weighted by Crippen LogP contribution is -2.26. The maximum absolute atomic E-state index is 12.3. The molecule has 0 aromatic heterocycles. The van der Waals surface area contributed by atoms with Crippen molar-refractivity contribution in [2.24, 2.45) is 0 Å². The van der Waals surface area contributed by atoms with E-state index in [0.717, 1.165) is 20.3 Å². The van der Waals surface area contributed by atoms with Gasteiger partial charge in [-0.3, -0.25) is 0 Å². The van der Waals surface area contributed by atoms with Crippen LogP contribution in [0.25, 0.3) is 0 Å². The molecule has 1 aromatic carbocycles. The van der Waals surface area contributed by atoms with Crippen LogP contribution < -0.4 is 10.0 Å². The lowest BCUT2D eigenvalue weighted by molar-refractivity contribution is -0.138. The molecule has 0 atom stereocenters. The maximum Gasteiger partial charge on any atom is 0.354 e. The van der Waals surface area contributed by atoms with E-state index in [0.29, 0.717) is 6.42 Å². The first-order chi connectivity index (χ1) is 11.4. The summed E-state index contributed by atoms with van der Waals surface area (Å²) in [6.07, 6.45) is 1.51. The van der Waals surface area contributed by atoms with Crippen molar-refractivity contribution >= 4 is 27.6 Å². The zero-order chi connectivity index (χ0) is 18.2. The summed E-state index contributed by atoms with van der Waals surface area (Å²) in [7, 11) is -1.48. The number of benzene rings is 1. The van der Waals surface area contributed by atoms with E-state index in [4.69, 9.17) is 0 Å². The van der Waals surface area contributed by atoms with Crippen LogP contribution in [0.5, 0.6) is 0 Å². The SMILES string of the molecule is CCCNS(=O)(=O)c1ccccc1N/C(=C/C(=O)OC)C(=O)OC. The van der Waals surface area contributed by atoms with E-state index in [1.54, 1.807) is 12.1 Å². The molecule has 8 nitrogen and oxygen atoms in total. The molecular weight excluding hydrogens is 336 g/mol. The third-order valence-electron chi connectivity index (χ3n) is 2.86. The molecule has 2 N–H and O–H groups in total. The summed E-state index contributed by atoms with van der Waals surface area (Å²) in [4.78, 5) is 23.1. The van der Waals surface area contributed by atoms with Crippen LogP contribution in [0.1, 0.15) is 13.3 Å². The van der Waals surface area contributed by atoms with Gasteiger partial charge in [-0.15, -0.1) is 0 Å². The van der Waals surface area contributed by atoms with Gasteiger partial charge in [0.2, 0.25) is 10.0 Å². The first kappa shape index (κ1) is 19.7. The van der Waals surface area contributed by atoms with Crippen LogP contribution in [-0.2, 0) is 29.1 Å². The van der Waals surface area contributed by atoms with Gasteiger partial charge in [-0.1, -0.05) is 19.1 Å². The summed E-state index contributed by atoms with van der Waals surface area (Å²) in [6, 6.07) is 5.99. The first-order valence-electron chi connectivity index (χ1n) is 7.09. The number of hydrogen-bond acceptors (Lipinski definition) is 7. The zero-order valence-corrected chi connectivity index (χ0v) is 14.5. The highest BCUT2D eigenvalue weighted by atomic mass is 32.2. The van der Waals surface area contributed by atoms with Gasteiger partial charge in [0.25, 0.3) is 0 Å². The monoisotopic (exact) mass is 356 g/mol. The largest absolute Gasteiger partial charge is 0.466 e. The fourth-order valence-electron chi connectivity index (χ4n) is 1.70. The summed E-state index contributed by atoms with van der Waals surface area (Å²) in [5.41, 5.74) is -0.121. The Labute approximate surface area is 140 Å². The minimum absolute atomic E-state index is 0.0573.